The van der Waals surface area contributed by atoms with Crippen LogP contribution in [0.25, 0.3) is 0 Å². The Labute approximate surface area is 64.2 Å². The predicted molar refractivity (Wildman–Crippen MR) is 39.6 cm³/mol. The van der Waals surface area contributed by atoms with E-state index < -0.39 is 10.9 Å². The van der Waals surface area contributed by atoms with Gasteiger partial charge in [-0.3, -0.25) is 0 Å². The molecule has 0 saturated heterocycles. The highest BCUT2D eigenvalue weighted by Crippen LogP contribution is 1.91. The topological polar surface area (TPSA) is 66.4 Å². The molecule has 0 fully saturated rings. The molecule has 1 heterocycles. The molecule has 0 aliphatic rings. The van der Waals surface area contributed by atoms with Crippen LogP contribution in [0.15, 0.2) is 22.9 Å². The van der Waals surface area contributed by atoms with Crippen molar-refractivity contribution in [2.45, 2.75) is 0 Å². The average molecular weight is 181 g/mol. The number of thiol groups is 1. The standard InChI is InChI=1S/C4H4S.H3NO3S/c1-2-4-5-3-1;2-1-5(3)4/h1-4H;2,5H,(H,1,3,4). The van der Waals surface area contributed by atoms with Crippen LogP contribution in [0, 0.1) is 0 Å². The fourth-order valence-corrected chi connectivity index (χ4v) is 0.680. The minimum Gasteiger partial charge on any atom is -0.302 e. The maximum atomic E-state index is 9.04. The van der Waals surface area contributed by atoms with Gasteiger partial charge in [0.25, 0.3) is 0 Å². The highest BCUT2D eigenvalue weighted by atomic mass is 32.2. The van der Waals surface area contributed by atoms with Gasteiger partial charge < -0.3 is 5.21 Å². The number of nitrogens with one attached hydrogen (secondary N) is 1. The Morgan fingerprint density at radius 3 is 1.80 bits per heavy atom. The monoisotopic (exact) mass is 181 g/mol. The van der Waals surface area contributed by atoms with Gasteiger partial charge in [0, 0.05) is 0 Å². The minimum absolute atomic E-state index is 0.981. The van der Waals surface area contributed by atoms with Crippen LogP contribution in [-0.2, 0) is 10.9 Å². The molecular formula is C4H7NO3S2. The lowest BCUT2D eigenvalue weighted by molar-refractivity contribution is 0.247. The molecular weight excluding hydrogens is 174 g/mol. The summed E-state index contributed by atoms with van der Waals surface area (Å²) in [6.45, 7) is 0. The molecule has 10 heavy (non-hydrogen) atoms. The zero-order valence-corrected chi connectivity index (χ0v) is 6.64. The van der Waals surface area contributed by atoms with E-state index in [1.807, 2.05) is 22.9 Å². The third-order valence-corrected chi connectivity index (χ3v) is 1.30. The number of thiophene rings is 1. The van der Waals surface area contributed by atoms with Crippen LogP contribution in [0.3, 0.4) is 0 Å². The number of hydrogen-bond acceptors (Lipinski definition) is 4. The van der Waals surface area contributed by atoms with Gasteiger partial charge in [-0.1, -0.05) is 17.0 Å². The fourth-order valence-electron chi connectivity index (χ4n) is 0.227. The summed E-state index contributed by atoms with van der Waals surface area (Å²) in [5, 5.41) is 11.4. The molecule has 0 aromatic carbocycles. The molecule has 0 amide bonds. The van der Waals surface area contributed by atoms with Gasteiger partial charge in [0.05, 0.1) is 0 Å². The molecule has 0 saturated carbocycles. The van der Waals surface area contributed by atoms with Crippen LogP contribution in [0.5, 0.6) is 0 Å². The SMILES string of the molecule is O=[SH](=O)NO.c1ccsc1. The van der Waals surface area contributed by atoms with E-state index >= 15 is 0 Å². The van der Waals surface area contributed by atoms with Gasteiger partial charge >= 0.3 is 0 Å². The maximum Gasteiger partial charge on any atom is 0.223 e. The molecule has 0 radical (unpaired) electrons. The Morgan fingerprint density at radius 1 is 1.30 bits per heavy atom. The summed E-state index contributed by atoms with van der Waals surface area (Å²) in [6, 6.07) is 4.04. The Balaban J connectivity index is 0.000000162. The van der Waals surface area contributed by atoms with Crippen LogP contribution < -0.4 is 4.89 Å². The van der Waals surface area contributed by atoms with Crippen molar-refractivity contribution in [2.75, 3.05) is 0 Å². The predicted octanol–water partition coefficient (Wildman–Crippen LogP) is 0.240. The van der Waals surface area contributed by atoms with Gasteiger partial charge in [-0.05, 0) is 10.8 Å². The van der Waals surface area contributed by atoms with Crippen molar-refractivity contribution in [3.63, 3.8) is 0 Å². The lowest BCUT2D eigenvalue weighted by atomic mass is 10.7. The Bertz CT molecular complexity index is 181. The molecule has 1 rings (SSSR count). The normalized spacial score (nSPS) is 8.60. The summed E-state index contributed by atoms with van der Waals surface area (Å²) < 4.78 is 18.1. The van der Waals surface area contributed by atoms with Gasteiger partial charge in [-0.15, -0.1) is 0 Å². The highest BCUT2D eigenvalue weighted by molar-refractivity contribution is 7.70. The van der Waals surface area contributed by atoms with E-state index in [4.69, 9.17) is 13.6 Å². The summed E-state index contributed by atoms with van der Waals surface area (Å²) in [4.78, 5) is 0.981. The van der Waals surface area contributed by atoms with E-state index in [1.165, 1.54) is 0 Å². The molecule has 0 spiro atoms. The average Bonchev–Trinajstić information content (AvgIpc) is 2.43. The van der Waals surface area contributed by atoms with Gasteiger partial charge in [0.15, 0.2) is 0 Å². The van der Waals surface area contributed by atoms with Crippen LogP contribution >= 0.6 is 11.3 Å². The molecule has 0 bridgehead atoms. The molecule has 0 atom stereocenters. The van der Waals surface area contributed by atoms with E-state index in [-0.39, 0.29) is 0 Å². The van der Waals surface area contributed by atoms with Gasteiger partial charge in [-0.25, -0.2) is 8.42 Å². The summed E-state index contributed by atoms with van der Waals surface area (Å²) >= 11 is 1.71. The van der Waals surface area contributed by atoms with E-state index in [0.29, 0.717) is 0 Å². The molecule has 1 aromatic rings. The van der Waals surface area contributed by atoms with Crippen molar-refractivity contribution < 1.29 is 13.6 Å². The second-order valence-corrected chi connectivity index (χ2v) is 2.68. The van der Waals surface area contributed by atoms with E-state index in [2.05, 4.69) is 0 Å². The second kappa shape index (κ2) is 6.69. The van der Waals surface area contributed by atoms with Crippen molar-refractivity contribution in [3.8, 4) is 0 Å². The first-order valence-corrected chi connectivity index (χ1v) is 4.40. The van der Waals surface area contributed by atoms with E-state index in [1.54, 1.807) is 11.3 Å². The zero-order valence-electron chi connectivity index (χ0n) is 4.93. The first-order chi connectivity index (χ1) is 4.77. The quantitative estimate of drug-likeness (QED) is 0.429. The first-order valence-electron chi connectivity index (χ1n) is 2.28. The number of rotatable bonds is 1. The molecule has 58 valence electrons. The van der Waals surface area contributed by atoms with Crippen molar-refractivity contribution >= 4 is 22.2 Å². The highest BCUT2D eigenvalue weighted by Gasteiger charge is 1.61. The van der Waals surface area contributed by atoms with E-state index in [9.17, 15) is 0 Å². The Kier molecular flexibility index (Phi) is 6.40. The molecule has 0 aliphatic heterocycles. The summed E-state index contributed by atoms with van der Waals surface area (Å²) in [6.07, 6.45) is 0. The third kappa shape index (κ3) is 7.57. The van der Waals surface area contributed by atoms with Crippen LogP contribution in [0.1, 0.15) is 0 Å². The van der Waals surface area contributed by atoms with Crippen molar-refractivity contribution in [3.05, 3.63) is 22.9 Å². The van der Waals surface area contributed by atoms with Gasteiger partial charge in [0.1, 0.15) is 0 Å². The zero-order chi connectivity index (χ0) is 7.82. The van der Waals surface area contributed by atoms with Gasteiger partial charge in [0.2, 0.25) is 10.9 Å². The maximum absolute atomic E-state index is 9.04. The first kappa shape index (κ1) is 9.57. The van der Waals surface area contributed by atoms with Crippen molar-refractivity contribution in [1.29, 1.82) is 0 Å². The van der Waals surface area contributed by atoms with Crippen LogP contribution in [0.4, 0.5) is 0 Å². The second-order valence-electron chi connectivity index (χ2n) is 1.15. The molecule has 4 nitrogen and oxygen atoms in total. The molecule has 0 unspecified atom stereocenters. The molecule has 1 aromatic heterocycles. The Morgan fingerprint density at radius 2 is 1.70 bits per heavy atom. The van der Waals surface area contributed by atoms with Crippen LogP contribution in [-0.4, -0.2) is 13.6 Å². The minimum atomic E-state index is -2.79. The number of hydrogen-bond donors (Lipinski definition) is 3. The van der Waals surface area contributed by atoms with Crippen molar-refractivity contribution in [2.24, 2.45) is 0 Å². The fraction of sp³-hybridized carbons (Fsp3) is 0. The smallest absolute Gasteiger partial charge is 0.223 e. The summed E-state index contributed by atoms with van der Waals surface area (Å²) in [5.74, 6) is 0. The molecule has 6 heteroatoms. The summed E-state index contributed by atoms with van der Waals surface area (Å²) in [5.41, 5.74) is 0. The summed E-state index contributed by atoms with van der Waals surface area (Å²) in [7, 11) is -2.79. The third-order valence-electron chi connectivity index (χ3n) is 0.507. The largest absolute Gasteiger partial charge is 0.302 e. The molecule has 2 N–H and O–H groups in total. The van der Waals surface area contributed by atoms with Gasteiger partial charge in [-0.2, -0.15) is 11.3 Å². The van der Waals surface area contributed by atoms with E-state index in [0.717, 1.165) is 4.89 Å². The van der Waals surface area contributed by atoms with Crippen LogP contribution in [0.2, 0.25) is 0 Å². The Hall–Kier alpha value is -0.430. The lowest BCUT2D eigenvalue weighted by Gasteiger charge is -1.67. The lowest BCUT2D eigenvalue weighted by Crippen LogP contribution is -2.00. The van der Waals surface area contributed by atoms with Crippen molar-refractivity contribution in [1.82, 2.24) is 4.89 Å². The molecule has 0 aliphatic carbocycles.